The quantitative estimate of drug-likeness (QED) is 0.240. The van der Waals surface area contributed by atoms with Crippen LogP contribution in [0.25, 0.3) is 5.53 Å². The Hall–Kier alpha value is -1.06. The fourth-order valence-corrected chi connectivity index (χ4v) is 2.71. The lowest BCUT2D eigenvalue weighted by molar-refractivity contribution is -0.117. The molecule has 0 spiro atoms. The van der Waals surface area contributed by atoms with Gasteiger partial charge in [0.1, 0.15) is 0 Å². The lowest BCUT2D eigenvalue weighted by Gasteiger charge is -2.09. The Morgan fingerprint density at radius 1 is 1.53 bits per heavy atom. The molecule has 0 radical (unpaired) electrons. The fraction of sp³-hybridized carbons (Fsp3) is 0.600. The predicted octanol–water partition coefficient (Wildman–Crippen LogP) is 2.03. The maximum Gasteiger partial charge on any atom is 0.446 e. The van der Waals surface area contributed by atoms with Gasteiger partial charge in [-0.05, 0) is 18.8 Å². The zero-order valence-corrected chi connectivity index (χ0v) is 10.7. The molecule has 0 fully saturated rings. The van der Waals surface area contributed by atoms with Crippen LogP contribution in [0.5, 0.6) is 0 Å². The van der Waals surface area contributed by atoms with E-state index in [0.29, 0.717) is 0 Å². The third-order valence-corrected chi connectivity index (χ3v) is 4.46. The summed E-state index contributed by atoms with van der Waals surface area (Å²) in [5.74, 6) is -0.419. The SMILES string of the molecule is COP(=O)(OC)C(=[N+]=[N-])C(=O)CC1C=CCC1. The summed E-state index contributed by atoms with van der Waals surface area (Å²) in [4.78, 5) is 14.6. The number of nitrogens with zero attached hydrogens (tertiary/aromatic N) is 2. The third kappa shape index (κ3) is 3.20. The molecule has 0 saturated carbocycles. The average Bonchev–Trinajstić information content (AvgIpc) is 2.82. The number of carbonyl (C=O) groups is 1. The van der Waals surface area contributed by atoms with Gasteiger partial charge in [-0.25, -0.2) is 4.57 Å². The summed E-state index contributed by atoms with van der Waals surface area (Å²) >= 11 is 0. The average molecular weight is 258 g/mol. The van der Waals surface area contributed by atoms with E-state index >= 15 is 0 Å². The molecule has 0 aromatic heterocycles. The van der Waals surface area contributed by atoms with E-state index in [1.165, 1.54) is 0 Å². The van der Waals surface area contributed by atoms with E-state index in [0.717, 1.165) is 27.1 Å². The minimum atomic E-state index is -3.78. The van der Waals surface area contributed by atoms with Crippen LogP contribution in [0.2, 0.25) is 0 Å². The van der Waals surface area contributed by atoms with Crippen molar-refractivity contribution in [1.82, 2.24) is 0 Å². The molecule has 0 aromatic carbocycles. The molecule has 0 N–H and O–H groups in total. The maximum atomic E-state index is 11.9. The van der Waals surface area contributed by atoms with E-state index in [1.54, 1.807) is 0 Å². The molecule has 0 aliphatic heterocycles. The first-order chi connectivity index (χ1) is 8.07. The first-order valence-corrected chi connectivity index (χ1v) is 6.75. The molecule has 0 aromatic rings. The van der Waals surface area contributed by atoms with Gasteiger partial charge < -0.3 is 14.6 Å². The molecule has 0 saturated heterocycles. The van der Waals surface area contributed by atoms with Crippen molar-refractivity contribution in [2.75, 3.05) is 14.2 Å². The Labute approximate surface area is 99.8 Å². The highest BCUT2D eigenvalue weighted by molar-refractivity contribution is 7.74. The van der Waals surface area contributed by atoms with Gasteiger partial charge >= 0.3 is 13.0 Å². The second-order valence-electron chi connectivity index (χ2n) is 3.68. The van der Waals surface area contributed by atoms with Gasteiger partial charge in [0.2, 0.25) is 0 Å². The molecule has 1 rings (SSSR count). The molecule has 6 nitrogen and oxygen atoms in total. The van der Waals surface area contributed by atoms with E-state index in [9.17, 15) is 9.36 Å². The second-order valence-corrected chi connectivity index (χ2v) is 5.83. The lowest BCUT2D eigenvalue weighted by atomic mass is 10.0. The van der Waals surface area contributed by atoms with Crippen molar-refractivity contribution in [1.29, 1.82) is 0 Å². The number of Topliss-reactive ketones (excluding diaryl/α,β-unsaturated/α-hetero) is 1. The summed E-state index contributed by atoms with van der Waals surface area (Å²) in [5.41, 5.74) is 8.25. The maximum absolute atomic E-state index is 11.9. The monoisotopic (exact) mass is 258 g/mol. The summed E-state index contributed by atoms with van der Waals surface area (Å²) < 4.78 is 21.2. The van der Waals surface area contributed by atoms with Gasteiger partial charge in [0, 0.05) is 20.6 Å². The summed E-state index contributed by atoms with van der Waals surface area (Å²) in [7, 11) is -1.50. The molecule has 1 aliphatic rings. The van der Waals surface area contributed by atoms with Crippen molar-refractivity contribution < 1.29 is 23.2 Å². The minimum Gasteiger partial charge on any atom is -0.360 e. The number of ketones is 1. The standard InChI is InChI=1S/C10H15N2O4P/c1-15-17(14,16-2)10(12-11)9(13)7-8-5-3-4-6-8/h3,5,8H,4,6-7H2,1-2H3. The number of allylic oxidation sites excluding steroid dienone is 2. The molecule has 17 heavy (non-hydrogen) atoms. The topological polar surface area (TPSA) is 89.0 Å². The van der Waals surface area contributed by atoms with Crippen LogP contribution in [-0.2, 0) is 18.4 Å². The Kier molecular flexibility index (Phi) is 4.97. The largest absolute Gasteiger partial charge is 0.446 e. The van der Waals surface area contributed by atoms with E-state index in [-0.39, 0.29) is 12.3 Å². The van der Waals surface area contributed by atoms with Gasteiger partial charge in [-0.2, -0.15) is 4.79 Å². The van der Waals surface area contributed by atoms with Gasteiger partial charge in [0.15, 0.2) is 0 Å². The smallest absolute Gasteiger partial charge is 0.360 e. The molecule has 1 atom stereocenters. The molecule has 1 aliphatic carbocycles. The fourth-order valence-electron chi connectivity index (χ4n) is 1.71. The molecule has 1 unspecified atom stereocenters. The molecule has 94 valence electrons. The van der Waals surface area contributed by atoms with Crippen LogP contribution in [0, 0.1) is 5.92 Å². The Bertz CT molecular complexity index is 418. The second kappa shape index (κ2) is 6.03. The van der Waals surface area contributed by atoms with Gasteiger partial charge in [0.05, 0.1) is 0 Å². The number of hydrogen-bond donors (Lipinski definition) is 0. The molecule has 0 amide bonds. The number of rotatable bonds is 6. The Morgan fingerprint density at radius 2 is 2.18 bits per heavy atom. The lowest BCUT2D eigenvalue weighted by Crippen LogP contribution is -2.19. The highest BCUT2D eigenvalue weighted by Gasteiger charge is 2.44. The summed E-state index contributed by atoms with van der Waals surface area (Å²) in [6.07, 6.45) is 5.86. The van der Waals surface area contributed by atoms with Crippen molar-refractivity contribution >= 4 is 18.8 Å². The minimum absolute atomic E-state index is 0.0985. The van der Waals surface area contributed by atoms with Crippen LogP contribution < -0.4 is 0 Å². The van der Waals surface area contributed by atoms with Crippen LogP contribution in [0.3, 0.4) is 0 Å². The predicted molar refractivity (Wildman–Crippen MR) is 61.7 cm³/mol. The zero-order chi connectivity index (χ0) is 12.9. The van der Waals surface area contributed by atoms with Crippen LogP contribution >= 0.6 is 7.60 Å². The van der Waals surface area contributed by atoms with Gasteiger partial charge in [-0.1, -0.05) is 12.2 Å². The summed E-state index contributed by atoms with van der Waals surface area (Å²) in [6.45, 7) is 0. The highest BCUT2D eigenvalue weighted by Crippen LogP contribution is 2.48. The van der Waals surface area contributed by atoms with Crippen molar-refractivity contribution in [3.05, 3.63) is 17.7 Å². The number of carbonyl (C=O) groups excluding carboxylic acids is 1. The van der Waals surface area contributed by atoms with Crippen LogP contribution in [0.15, 0.2) is 12.2 Å². The van der Waals surface area contributed by atoms with Crippen LogP contribution in [0.4, 0.5) is 0 Å². The molecular weight excluding hydrogens is 243 g/mol. The number of hydrogen-bond acceptors (Lipinski definition) is 4. The highest BCUT2D eigenvalue weighted by atomic mass is 31.2. The Balaban J connectivity index is 2.81. The summed E-state index contributed by atoms with van der Waals surface area (Å²) in [6, 6.07) is 0. The van der Waals surface area contributed by atoms with Gasteiger partial charge in [0.25, 0.3) is 5.78 Å². The van der Waals surface area contributed by atoms with Crippen molar-refractivity contribution in [2.24, 2.45) is 5.92 Å². The van der Waals surface area contributed by atoms with Crippen molar-refractivity contribution in [3.8, 4) is 0 Å². The van der Waals surface area contributed by atoms with Gasteiger partial charge in [-0.3, -0.25) is 4.79 Å². The normalized spacial score (nSPS) is 19.1. The van der Waals surface area contributed by atoms with E-state index in [2.05, 4.69) is 13.8 Å². The van der Waals surface area contributed by atoms with E-state index in [1.807, 2.05) is 12.2 Å². The van der Waals surface area contributed by atoms with Crippen molar-refractivity contribution in [3.63, 3.8) is 0 Å². The molecule has 0 bridgehead atoms. The first kappa shape index (κ1) is 14.0. The molecule has 7 heteroatoms. The van der Waals surface area contributed by atoms with E-state index < -0.39 is 18.8 Å². The Morgan fingerprint density at radius 3 is 2.59 bits per heavy atom. The van der Waals surface area contributed by atoms with Gasteiger partial charge in [-0.15, -0.1) is 0 Å². The van der Waals surface area contributed by atoms with Crippen LogP contribution in [0.1, 0.15) is 19.3 Å². The third-order valence-electron chi connectivity index (χ3n) is 2.64. The van der Waals surface area contributed by atoms with Crippen LogP contribution in [-0.4, -0.2) is 30.2 Å². The molecule has 0 heterocycles. The van der Waals surface area contributed by atoms with Crippen molar-refractivity contribution in [2.45, 2.75) is 19.3 Å². The first-order valence-electron chi connectivity index (χ1n) is 5.21. The molecular formula is C10H15N2O4P. The summed E-state index contributed by atoms with van der Waals surface area (Å²) in [5, 5.41) is 0. The zero-order valence-electron chi connectivity index (χ0n) is 9.83. The van der Waals surface area contributed by atoms with E-state index in [4.69, 9.17) is 5.53 Å².